The van der Waals surface area contributed by atoms with E-state index in [-0.39, 0.29) is 0 Å². The fourth-order valence-electron chi connectivity index (χ4n) is 3.77. The summed E-state index contributed by atoms with van der Waals surface area (Å²) in [5.74, 6) is 2.33. The van der Waals surface area contributed by atoms with E-state index < -0.39 is 0 Å². The fourth-order valence-corrected chi connectivity index (χ4v) is 3.89. The summed E-state index contributed by atoms with van der Waals surface area (Å²) in [6.07, 6.45) is 8.10. The number of halogens is 1. The Kier molecular flexibility index (Phi) is 6.50. The molecule has 30 heavy (non-hydrogen) atoms. The zero-order valence-electron chi connectivity index (χ0n) is 17.1. The first-order valence-electron chi connectivity index (χ1n) is 10.5. The SMILES string of the molecule is CCOc1ccc2nc(/C=C\c3ccc(Cl)cc3)nc(NC3CCC(N)CC3)c2c1. The number of aromatic nitrogens is 2. The molecule has 1 saturated carbocycles. The Hall–Kier alpha value is -2.63. The summed E-state index contributed by atoms with van der Waals surface area (Å²) in [7, 11) is 0. The molecule has 6 heteroatoms. The van der Waals surface area contributed by atoms with E-state index in [1.54, 1.807) is 0 Å². The van der Waals surface area contributed by atoms with Gasteiger partial charge in [-0.05, 0) is 74.6 Å². The standard InChI is InChI=1S/C24H27ClN4O/c1-2-30-20-12-13-22-21(15-20)24(27-19-10-8-18(26)9-11-19)29-23(28-22)14-5-16-3-6-17(25)7-4-16/h3-7,12-15,18-19H,2,8-11,26H2,1H3,(H,27,28,29)/b14-5-. The monoisotopic (exact) mass is 422 g/mol. The Morgan fingerprint density at radius 2 is 1.83 bits per heavy atom. The molecular weight excluding hydrogens is 396 g/mol. The lowest BCUT2D eigenvalue weighted by molar-refractivity contribution is 0.340. The molecule has 2 aromatic carbocycles. The normalized spacial score (nSPS) is 19.3. The molecule has 5 nitrogen and oxygen atoms in total. The molecular formula is C24H27ClN4O. The molecule has 1 fully saturated rings. The summed E-state index contributed by atoms with van der Waals surface area (Å²) in [4.78, 5) is 9.56. The van der Waals surface area contributed by atoms with Gasteiger partial charge in [0, 0.05) is 22.5 Å². The highest BCUT2D eigenvalue weighted by molar-refractivity contribution is 6.30. The number of rotatable bonds is 6. The molecule has 0 spiro atoms. The Morgan fingerprint density at radius 3 is 2.57 bits per heavy atom. The van der Waals surface area contributed by atoms with E-state index >= 15 is 0 Å². The van der Waals surface area contributed by atoms with Crippen LogP contribution in [-0.2, 0) is 0 Å². The molecule has 4 rings (SSSR count). The zero-order valence-corrected chi connectivity index (χ0v) is 17.9. The summed E-state index contributed by atoms with van der Waals surface area (Å²) in [5.41, 5.74) is 8.01. The minimum atomic E-state index is 0.313. The molecule has 0 atom stereocenters. The first-order chi connectivity index (χ1) is 14.6. The molecule has 0 radical (unpaired) electrons. The van der Waals surface area contributed by atoms with E-state index in [0.717, 1.165) is 58.7 Å². The molecule has 0 saturated heterocycles. The largest absolute Gasteiger partial charge is 0.494 e. The van der Waals surface area contributed by atoms with Crippen molar-refractivity contribution in [2.75, 3.05) is 11.9 Å². The third-order valence-corrected chi connectivity index (χ3v) is 5.66. The number of anilines is 1. The van der Waals surface area contributed by atoms with Crippen LogP contribution in [0, 0.1) is 0 Å². The molecule has 3 aromatic rings. The van der Waals surface area contributed by atoms with Gasteiger partial charge in [-0.1, -0.05) is 29.8 Å². The van der Waals surface area contributed by atoms with Crippen molar-refractivity contribution in [3.8, 4) is 5.75 Å². The highest BCUT2D eigenvalue weighted by atomic mass is 35.5. The molecule has 1 aliphatic carbocycles. The van der Waals surface area contributed by atoms with E-state index in [2.05, 4.69) is 5.32 Å². The minimum absolute atomic E-state index is 0.313. The number of fused-ring (bicyclic) bond motifs is 1. The van der Waals surface area contributed by atoms with Gasteiger partial charge in [-0.2, -0.15) is 0 Å². The van der Waals surface area contributed by atoms with Gasteiger partial charge < -0.3 is 15.8 Å². The summed E-state index contributed by atoms with van der Waals surface area (Å²) in [5, 5.41) is 5.34. The van der Waals surface area contributed by atoms with Crippen molar-refractivity contribution in [3.63, 3.8) is 0 Å². The quantitative estimate of drug-likeness (QED) is 0.546. The average molecular weight is 423 g/mol. The van der Waals surface area contributed by atoms with Crippen LogP contribution in [0.2, 0.25) is 5.02 Å². The number of nitrogens with zero attached hydrogens (tertiary/aromatic N) is 2. The summed E-state index contributed by atoms with van der Waals surface area (Å²) < 4.78 is 5.69. The molecule has 1 aliphatic rings. The smallest absolute Gasteiger partial charge is 0.154 e. The van der Waals surface area contributed by atoms with E-state index in [1.165, 1.54) is 0 Å². The summed E-state index contributed by atoms with van der Waals surface area (Å²) in [6.45, 7) is 2.60. The topological polar surface area (TPSA) is 73.1 Å². The first-order valence-corrected chi connectivity index (χ1v) is 10.9. The lowest BCUT2D eigenvalue weighted by atomic mass is 9.92. The van der Waals surface area contributed by atoms with Crippen LogP contribution in [0.25, 0.3) is 23.1 Å². The van der Waals surface area contributed by atoms with Crippen molar-refractivity contribution in [1.29, 1.82) is 0 Å². The number of benzene rings is 2. The second-order valence-electron chi connectivity index (χ2n) is 7.68. The number of hydrogen-bond acceptors (Lipinski definition) is 5. The molecule has 156 valence electrons. The van der Waals surface area contributed by atoms with Crippen LogP contribution < -0.4 is 15.8 Å². The van der Waals surface area contributed by atoms with Crippen molar-refractivity contribution in [1.82, 2.24) is 9.97 Å². The summed E-state index contributed by atoms with van der Waals surface area (Å²) in [6, 6.07) is 14.3. The van der Waals surface area contributed by atoms with Crippen LogP contribution in [0.4, 0.5) is 5.82 Å². The number of nitrogens with two attached hydrogens (primary N) is 1. The van der Waals surface area contributed by atoms with Crippen LogP contribution in [-0.4, -0.2) is 28.7 Å². The second kappa shape index (κ2) is 9.45. The van der Waals surface area contributed by atoms with E-state index in [4.69, 9.17) is 32.0 Å². The maximum absolute atomic E-state index is 6.07. The van der Waals surface area contributed by atoms with Crippen LogP contribution in [0.3, 0.4) is 0 Å². The van der Waals surface area contributed by atoms with Gasteiger partial charge in [0.2, 0.25) is 0 Å². The van der Waals surface area contributed by atoms with Crippen molar-refractivity contribution >= 4 is 40.5 Å². The number of ether oxygens (including phenoxy) is 1. The van der Waals surface area contributed by atoms with Gasteiger partial charge >= 0.3 is 0 Å². The van der Waals surface area contributed by atoms with Crippen molar-refractivity contribution in [2.45, 2.75) is 44.7 Å². The minimum Gasteiger partial charge on any atom is -0.494 e. The van der Waals surface area contributed by atoms with Gasteiger partial charge in [0.25, 0.3) is 0 Å². The maximum atomic E-state index is 6.07. The van der Waals surface area contributed by atoms with Crippen LogP contribution in [0.1, 0.15) is 44.0 Å². The van der Waals surface area contributed by atoms with Crippen LogP contribution in [0.5, 0.6) is 5.75 Å². The highest BCUT2D eigenvalue weighted by Crippen LogP contribution is 2.29. The average Bonchev–Trinajstić information content (AvgIpc) is 2.75. The third-order valence-electron chi connectivity index (χ3n) is 5.40. The number of nitrogens with one attached hydrogen (secondary N) is 1. The van der Waals surface area contributed by atoms with Crippen molar-refractivity contribution in [3.05, 3.63) is 58.9 Å². The van der Waals surface area contributed by atoms with Crippen molar-refractivity contribution < 1.29 is 4.74 Å². The maximum Gasteiger partial charge on any atom is 0.154 e. The lowest BCUT2D eigenvalue weighted by Gasteiger charge is -2.27. The highest BCUT2D eigenvalue weighted by Gasteiger charge is 2.20. The van der Waals surface area contributed by atoms with Gasteiger partial charge in [-0.15, -0.1) is 0 Å². The van der Waals surface area contributed by atoms with Crippen LogP contribution in [0.15, 0.2) is 42.5 Å². The fraction of sp³-hybridized carbons (Fsp3) is 0.333. The van der Waals surface area contributed by atoms with Gasteiger partial charge in [0.05, 0.1) is 12.1 Å². The van der Waals surface area contributed by atoms with Crippen molar-refractivity contribution in [2.24, 2.45) is 5.73 Å². The first kappa shape index (κ1) is 20.6. The molecule has 1 aromatic heterocycles. The van der Waals surface area contributed by atoms with E-state index in [1.807, 2.05) is 61.5 Å². The lowest BCUT2D eigenvalue weighted by Crippen LogP contribution is -2.33. The second-order valence-corrected chi connectivity index (χ2v) is 8.12. The van der Waals surface area contributed by atoms with Crippen LogP contribution >= 0.6 is 11.6 Å². The predicted molar refractivity (Wildman–Crippen MR) is 125 cm³/mol. The van der Waals surface area contributed by atoms with Gasteiger partial charge in [-0.25, -0.2) is 9.97 Å². The molecule has 0 aliphatic heterocycles. The Bertz CT molecular complexity index is 1030. The summed E-state index contributed by atoms with van der Waals surface area (Å²) >= 11 is 5.98. The van der Waals surface area contributed by atoms with Gasteiger partial charge in [-0.3, -0.25) is 0 Å². The van der Waals surface area contributed by atoms with Gasteiger partial charge in [0.15, 0.2) is 5.82 Å². The zero-order chi connectivity index (χ0) is 20.9. The molecule has 1 heterocycles. The van der Waals surface area contributed by atoms with E-state index in [9.17, 15) is 0 Å². The number of hydrogen-bond donors (Lipinski definition) is 2. The van der Waals surface area contributed by atoms with Gasteiger partial charge in [0.1, 0.15) is 11.6 Å². The molecule has 3 N–H and O–H groups in total. The Labute approximate surface area is 182 Å². The van der Waals surface area contributed by atoms with E-state index in [0.29, 0.717) is 24.5 Å². The molecule has 0 bridgehead atoms. The predicted octanol–water partition coefficient (Wildman–Crippen LogP) is 5.53. The Morgan fingerprint density at radius 1 is 1.07 bits per heavy atom. The molecule has 0 unspecified atom stereocenters. The Balaban J connectivity index is 1.67. The molecule has 0 amide bonds. The third kappa shape index (κ3) is 5.10.